The second kappa shape index (κ2) is 4.65. The molecular formula is C13H18N2O2. The third kappa shape index (κ3) is 2.35. The Hall–Kier alpha value is -1.71. The highest BCUT2D eigenvalue weighted by molar-refractivity contribution is 5.92. The first kappa shape index (κ1) is 11.8. The average molecular weight is 234 g/mol. The second-order valence-corrected chi connectivity index (χ2v) is 4.28. The summed E-state index contributed by atoms with van der Waals surface area (Å²) in [6, 6.07) is 5.87. The maximum Gasteiger partial charge on any atom is 0.337 e. The number of carbonyl (C=O) groups excluding carboxylic acids is 1. The van der Waals surface area contributed by atoms with Gasteiger partial charge >= 0.3 is 5.97 Å². The maximum atomic E-state index is 11.5. The summed E-state index contributed by atoms with van der Waals surface area (Å²) in [7, 11) is 1.39. The summed E-state index contributed by atoms with van der Waals surface area (Å²) in [6.45, 7) is 3.00. The quantitative estimate of drug-likeness (QED) is 0.640. The number of hydrogen-bond acceptors (Lipinski definition) is 4. The van der Waals surface area contributed by atoms with Crippen molar-refractivity contribution < 1.29 is 9.53 Å². The Bertz CT molecular complexity index is 427. The van der Waals surface area contributed by atoms with Gasteiger partial charge in [0.15, 0.2) is 0 Å². The number of ether oxygens (including phenoxy) is 1. The largest absolute Gasteiger partial charge is 0.465 e. The van der Waals surface area contributed by atoms with Gasteiger partial charge in [-0.3, -0.25) is 0 Å². The smallest absolute Gasteiger partial charge is 0.337 e. The van der Waals surface area contributed by atoms with Crippen molar-refractivity contribution >= 4 is 17.3 Å². The van der Waals surface area contributed by atoms with Crippen LogP contribution >= 0.6 is 0 Å². The van der Waals surface area contributed by atoms with Crippen LogP contribution in [0.3, 0.4) is 0 Å². The molecule has 1 saturated carbocycles. The Labute approximate surface area is 101 Å². The SMILES string of the molecule is CCN(c1cc(C(=O)OC)ccc1N)C1CC1. The first-order chi connectivity index (χ1) is 8.17. The molecule has 0 amide bonds. The zero-order chi connectivity index (χ0) is 12.4. The molecule has 92 valence electrons. The van der Waals surface area contributed by atoms with E-state index in [1.54, 1.807) is 12.1 Å². The number of nitrogens with zero attached hydrogens (tertiary/aromatic N) is 1. The number of rotatable bonds is 4. The van der Waals surface area contributed by atoms with Crippen molar-refractivity contribution in [1.82, 2.24) is 0 Å². The van der Waals surface area contributed by atoms with Gasteiger partial charge in [-0.25, -0.2) is 4.79 Å². The van der Waals surface area contributed by atoms with Crippen LogP contribution in [0.15, 0.2) is 18.2 Å². The van der Waals surface area contributed by atoms with Gasteiger partial charge in [0.1, 0.15) is 0 Å². The molecule has 2 N–H and O–H groups in total. The lowest BCUT2D eigenvalue weighted by Gasteiger charge is -2.24. The molecule has 0 heterocycles. The number of nitrogens with two attached hydrogens (primary N) is 1. The highest BCUT2D eigenvalue weighted by Gasteiger charge is 2.29. The topological polar surface area (TPSA) is 55.6 Å². The monoisotopic (exact) mass is 234 g/mol. The van der Waals surface area contributed by atoms with Crippen molar-refractivity contribution in [1.29, 1.82) is 0 Å². The van der Waals surface area contributed by atoms with Crippen molar-refractivity contribution in [2.45, 2.75) is 25.8 Å². The molecule has 4 nitrogen and oxygen atoms in total. The Balaban J connectivity index is 2.33. The standard InChI is InChI=1S/C13H18N2O2/c1-3-15(10-5-6-10)12-8-9(13(16)17-2)4-7-11(12)14/h4,7-8,10H,3,5-6,14H2,1-2H3. The molecule has 0 spiro atoms. The molecule has 2 rings (SSSR count). The van der Waals surface area contributed by atoms with E-state index < -0.39 is 0 Å². The van der Waals surface area contributed by atoms with E-state index in [2.05, 4.69) is 11.8 Å². The average Bonchev–Trinajstić information content (AvgIpc) is 3.16. The lowest BCUT2D eigenvalue weighted by molar-refractivity contribution is 0.0601. The first-order valence-electron chi connectivity index (χ1n) is 5.91. The summed E-state index contributed by atoms with van der Waals surface area (Å²) >= 11 is 0. The van der Waals surface area contributed by atoms with Gasteiger partial charge in [-0.2, -0.15) is 0 Å². The molecule has 0 saturated heterocycles. The molecule has 1 aromatic rings. The van der Waals surface area contributed by atoms with Crippen LogP contribution < -0.4 is 10.6 Å². The number of hydrogen-bond donors (Lipinski definition) is 1. The van der Waals surface area contributed by atoms with E-state index in [1.807, 2.05) is 6.07 Å². The predicted molar refractivity (Wildman–Crippen MR) is 68.2 cm³/mol. The fourth-order valence-corrected chi connectivity index (χ4v) is 2.05. The molecule has 0 bridgehead atoms. The van der Waals surface area contributed by atoms with Crippen LogP contribution in [-0.4, -0.2) is 25.7 Å². The lowest BCUT2D eigenvalue weighted by atomic mass is 10.1. The second-order valence-electron chi connectivity index (χ2n) is 4.28. The van der Waals surface area contributed by atoms with E-state index in [0.717, 1.165) is 12.2 Å². The van der Waals surface area contributed by atoms with E-state index in [9.17, 15) is 4.79 Å². The Kier molecular flexibility index (Phi) is 3.22. The van der Waals surface area contributed by atoms with Gasteiger partial charge in [0, 0.05) is 12.6 Å². The number of benzene rings is 1. The fourth-order valence-electron chi connectivity index (χ4n) is 2.05. The molecule has 0 atom stereocenters. The van der Waals surface area contributed by atoms with Crippen LogP contribution in [0.5, 0.6) is 0 Å². The normalized spacial score (nSPS) is 14.5. The molecule has 1 aliphatic rings. The number of nitrogen functional groups attached to an aromatic ring is 1. The summed E-state index contributed by atoms with van der Waals surface area (Å²) in [6.07, 6.45) is 2.41. The van der Waals surface area contributed by atoms with Gasteiger partial charge in [0.25, 0.3) is 0 Å². The Morgan fingerprint density at radius 1 is 1.53 bits per heavy atom. The van der Waals surface area contributed by atoms with Crippen LogP contribution in [-0.2, 0) is 4.74 Å². The van der Waals surface area contributed by atoms with Crippen LogP contribution in [0.25, 0.3) is 0 Å². The van der Waals surface area contributed by atoms with Crippen molar-refractivity contribution in [3.63, 3.8) is 0 Å². The van der Waals surface area contributed by atoms with Crippen molar-refractivity contribution in [2.75, 3.05) is 24.3 Å². The zero-order valence-corrected chi connectivity index (χ0v) is 10.3. The summed E-state index contributed by atoms with van der Waals surface area (Å²) in [5.74, 6) is -0.321. The molecular weight excluding hydrogens is 216 g/mol. The number of anilines is 2. The molecule has 0 aromatic heterocycles. The van der Waals surface area contributed by atoms with E-state index in [1.165, 1.54) is 20.0 Å². The van der Waals surface area contributed by atoms with Crippen LogP contribution in [0.4, 0.5) is 11.4 Å². The van der Waals surface area contributed by atoms with Gasteiger partial charge in [-0.05, 0) is 38.0 Å². The van der Waals surface area contributed by atoms with E-state index in [4.69, 9.17) is 10.5 Å². The van der Waals surface area contributed by atoms with E-state index >= 15 is 0 Å². The van der Waals surface area contributed by atoms with Gasteiger partial charge in [-0.1, -0.05) is 0 Å². The van der Waals surface area contributed by atoms with Crippen LogP contribution in [0, 0.1) is 0 Å². The first-order valence-corrected chi connectivity index (χ1v) is 5.91. The van der Waals surface area contributed by atoms with Gasteiger partial charge < -0.3 is 15.4 Å². The Morgan fingerprint density at radius 2 is 2.24 bits per heavy atom. The van der Waals surface area contributed by atoms with Gasteiger partial charge in [0.05, 0.1) is 24.0 Å². The van der Waals surface area contributed by atoms with Crippen LogP contribution in [0.2, 0.25) is 0 Å². The third-order valence-corrected chi connectivity index (χ3v) is 3.09. The van der Waals surface area contributed by atoms with Crippen molar-refractivity contribution in [2.24, 2.45) is 0 Å². The summed E-state index contributed by atoms with van der Waals surface area (Å²) in [5, 5.41) is 0. The summed E-state index contributed by atoms with van der Waals surface area (Å²) in [4.78, 5) is 13.7. The molecule has 17 heavy (non-hydrogen) atoms. The third-order valence-electron chi connectivity index (χ3n) is 3.09. The predicted octanol–water partition coefficient (Wildman–Crippen LogP) is 2.04. The van der Waals surface area contributed by atoms with Gasteiger partial charge in [-0.15, -0.1) is 0 Å². The van der Waals surface area contributed by atoms with Crippen molar-refractivity contribution in [3.8, 4) is 0 Å². The lowest BCUT2D eigenvalue weighted by Crippen LogP contribution is -2.26. The summed E-state index contributed by atoms with van der Waals surface area (Å²) < 4.78 is 4.72. The molecule has 4 heteroatoms. The minimum Gasteiger partial charge on any atom is -0.465 e. The van der Waals surface area contributed by atoms with E-state index in [-0.39, 0.29) is 5.97 Å². The number of esters is 1. The molecule has 0 aliphatic heterocycles. The van der Waals surface area contributed by atoms with Crippen LogP contribution in [0.1, 0.15) is 30.1 Å². The number of methoxy groups -OCH3 is 1. The minimum atomic E-state index is -0.321. The Morgan fingerprint density at radius 3 is 2.76 bits per heavy atom. The van der Waals surface area contributed by atoms with E-state index in [0.29, 0.717) is 17.3 Å². The molecule has 1 aliphatic carbocycles. The zero-order valence-electron chi connectivity index (χ0n) is 10.3. The number of carbonyl (C=O) groups is 1. The maximum absolute atomic E-state index is 11.5. The minimum absolute atomic E-state index is 0.321. The highest BCUT2D eigenvalue weighted by Crippen LogP contribution is 2.35. The molecule has 0 radical (unpaired) electrons. The highest BCUT2D eigenvalue weighted by atomic mass is 16.5. The fraction of sp³-hybridized carbons (Fsp3) is 0.462. The van der Waals surface area contributed by atoms with Gasteiger partial charge in [0.2, 0.25) is 0 Å². The molecule has 0 unspecified atom stereocenters. The van der Waals surface area contributed by atoms with Crippen molar-refractivity contribution in [3.05, 3.63) is 23.8 Å². The molecule has 1 fully saturated rings. The molecule has 1 aromatic carbocycles. The summed E-state index contributed by atoms with van der Waals surface area (Å²) in [5.41, 5.74) is 8.19.